The molecule has 0 aliphatic carbocycles. The number of piperidine rings is 1. The summed E-state index contributed by atoms with van der Waals surface area (Å²) in [5, 5.41) is 13.0. The molecule has 8 nitrogen and oxygen atoms in total. The summed E-state index contributed by atoms with van der Waals surface area (Å²) in [5.41, 5.74) is 7.48. The van der Waals surface area contributed by atoms with Crippen LogP contribution in [0, 0.1) is 5.82 Å². The predicted molar refractivity (Wildman–Crippen MR) is 144 cm³/mol. The van der Waals surface area contributed by atoms with E-state index in [-0.39, 0.29) is 28.2 Å². The Bertz CT molecular complexity index is 1290. The van der Waals surface area contributed by atoms with E-state index >= 15 is 0 Å². The van der Waals surface area contributed by atoms with Crippen LogP contribution in [-0.2, 0) is 4.74 Å². The fourth-order valence-corrected chi connectivity index (χ4v) is 6.01. The van der Waals surface area contributed by atoms with Crippen LogP contribution in [0.3, 0.4) is 0 Å². The molecule has 1 aliphatic heterocycles. The predicted octanol–water partition coefficient (Wildman–Crippen LogP) is 6.79. The van der Waals surface area contributed by atoms with Crippen LogP contribution in [0.1, 0.15) is 57.4 Å². The SMILES string of the molecule is CC(Sc1cc(-c2cnn(C3CCN(C(=O)OC(C)(C)C)CC3)c2)nnc1N)c1c(Cl)ccc(F)c1Cl. The van der Waals surface area contributed by atoms with Gasteiger partial charge in [-0.25, -0.2) is 9.18 Å². The van der Waals surface area contributed by atoms with Gasteiger partial charge in [-0.1, -0.05) is 23.2 Å². The summed E-state index contributed by atoms with van der Waals surface area (Å²) in [6.45, 7) is 8.65. The first-order chi connectivity index (χ1) is 17.4. The van der Waals surface area contributed by atoms with E-state index in [1.165, 1.54) is 23.9 Å². The Kier molecular flexibility index (Phi) is 8.20. The van der Waals surface area contributed by atoms with Crippen LogP contribution < -0.4 is 5.73 Å². The van der Waals surface area contributed by atoms with Crippen LogP contribution in [0.5, 0.6) is 0 Å². The van der Waals surface area contributed by atoms with E-state index in [9.17, 15) is 9.18 Å². The largest absolute Gasteiger partial charge is 0.444 e. The number of benzene rings is 1. The first kappa shape index (κ1) is 27.5. The number of nitrogen functional groups attached to an aromatic ring is 1. The average molecular weight is 568 g/mol. The highest BCUT2D eigenvalue weighted by Crippen LogP contribution is 2.44. The lowest BCUT2D eigenvalue weighted by Crippen LogP contribution is -2.42. The summed E-state index contributed by atoms with van der Waals surface area (Å²) in [5.74, 6) is -0.273. The molecule has 1 atom stereocenters. The van der Waals surface area contributed by atoms with Crippen LogP contribution >= 0.6 is 35.0 Å². The van der Waals surface area contributed by atoms with Crippen molar-refractivity contribution in [2.24, 2.45) is 0 Å². The molecule has 1 unspecified atom stereocenters. The third kappa shape index (κ3) is 6.48. The van der Waals surface area contributed by atoms with Gasteiger partial charge in [-0.3, -0.25) is 4.68 Å². The van der Waals surface area contributed by atoms with Crippen molar-refractivity contribution in [2.75, 3.05) is 18.8 Å². The number of amides is 1. The molecule has 0 bridgehead atoms. The van der Waals surface area contributed by atoms with Gasteiger partial charge < -0.3 is 15.4 Å². The zero-order valence-electron chi connectivity index (χ0n) is 21.0. The van der Waals surface area contributed by atoms with Crippen molar-refractivity contribution in [3.05, 3.63) is 52.0 Å². The first-order valence-electron chi connectivity index (χ1n) is 11.9. The van der Waals surface area contributed by atoms with Gasteiger partial charge in [-0.2, -0.15) is 5.10 Å². The van der Waals surface area contributed by atoms with Crippen molar-refractivity contribution >= 4 is 46.9 Å². The maximum absolute atomic E-state index is 14.0. The van der Waals surface area contributed by atoms with Crippen LogP contribution in [0.15, 0.2) is 35.5 Å². The maximum atomic E-state index is 14.0. The van der Waals surface area contributed by atoms with Crippen molar-refractivity contribution < 1.29 is 13.9 Å². The molecule has 1 aromatic carbocycles. The van der Waals surface area contributed by atoms with E-state index in [0.717, 1.165) is 18.4 Å². The number of ether oxygens (including phenoxy) is 1. The van der Waals surface area contributed by atoms with E-state index in [1.54, 1.807) is 11.1 Å². The van der Waals surface area contributed by atoms with Gasteiger partial charge in [-0.15, -0.1) is 22.0 Å². The van der Waals surface area contributed by atoms with Crippen molar-refractivity contribution in [3.8, 4) is 11.3 Å². The van der Waals surface area contributed by atoms with Gasteiger partial charge in [0.2, 0.25) is 0 Å². The number of nitrogens with zero attached hydrogens (tertiary/aromatic N) is 5. The Hall–Kier alpha value is -2.56. The van der Waals surface area contributed by atoms with Gasteiger partial charge in [0.1, 0.15) is 11.4 Å². The number of nitrogens with two attached hydrogens (primary N) is 1. The second kappa shape index (κ2) is 11.0. The molecule has 2 N–H and O–H groups in total. The van der Waals surface area contributed by atoms with Gasteiger partial charge in [0.15, 0.2) is 5.82 Å². The van der Waals surface area contributed by atoms with E-state index in [2.05, 4.69) is 15.3 Å². The highest BCUT2D eigenvalue weighted by molar-refractivity contribution is 7.99. The topological polar surface area (TPSA) is 99.2 Å². The second-order valence-electron chi connectivity index (χ2n) is 9.90. The fraction of sp³-hybridized carbons (Fsp3) is 0.440. The molecule has 37 heavy (non-hydrogen) atoms. The van der Waals surface area contributed by atoms with Crippen LogP contribution in [0.2, 0.25) is 10.0 Å². The van der Waals surface area contributed by atoms with Gasteiger partial charge >= 0.3 is 6.09 Å². The van der Waals surface area contributed by atoms with Crippen molar-refractivity contribution in [1.29, 1.82) is 0 Å². The van der Waals surface area contributed by atoms with E-state index < -0.39 is 11.4 Å². The lowest BCUT2D eigenvalue weighted by atomic mass is 10.1. The highest BCUT2D eigenvalue weighted by atomic mass is 35.5. The lowest BCUT2D eigenvalue weighted by Gasteiger charge is -2.33. The zero-order chi connectivity index (χ0) is 26.9. The number of aromatic nitrogens is 4. The van der Waals surface area contributed by atoms with Crippen molar-refractivity contribution in [1.82, 2.24) is 24.9 Å². The minimum Gasteiger partial charge on any atom is -0.444 e. The molecule has 12 heteroatoms. The summed E-state index contributed by atoms with van der Waals surface area (Å²) >= 11 is 13.9. The normalized spacial score (nSPS) is 15.6. The summed E-state index contributed by atoms with van der Waals surface area (Å²) < 4.78 is 21.4. The molecule has 0 radical (unpaired) electrons. The number of carbonyl (C=O) groups is 1. The van der Waals surface area contributed by atoms with Gasteiger partial charge in [0, 0.05) is 40.7 Å². The number of carbonyl (C=O) groups excluding carboxylic acids is 1. The van der Waals surface area contributed by atoms with E-state index in [4.69, 9.17) is 33.7 Å². The molecular formula is C25H29Cl2FN6O2S. The van der Waals surface area contributed by atoms with E-state index in [1.807, 2.05) is 44.6 Å². The van der Waals surface area contributed by atoms with E-state index in [0.29, 0.717) is 34.3 Å². The number of hydrogen-bond acceptors (Lipinski definition) is 7. The summed E-state index contributed by atoms with van der Waals surface area (Å²) in [6, 6.07) is 4.71. The molecule has 1 aliphatic rings. The molecule has 0 saturated carbocycles. The average Bonchev–Trinajstić information content (AvgIpc) is 3.32. The smallest absolute Gasteiger partial charge is 0.410 e. The van der Waals surface area contributed by atoms with Crippen molar-refractivity contribution in [3.63, 3.8) is 0 Å². The summed E-state index contributed by atoms with van der Waals surface area (Å²) in [4.78, 5) is 14.8. The van der Waals surface area contributed by atoms with Gasteiger partial charge in [-0.05, 0) is 58.7 Å². The summed E-state index contributed by atoms with van der Waals surface area (Å²) in [6.07, 6.45) is 4.90. The molecule has 3 aromatic rings. The minimum absolute atomic E-state index is 0.00713. The second-order valence-corrected chi connectivity index (χ2v) is 12.1. The van der Waals surface area contributed by atoms with Crippen LogP contribution in [0.25, 0.3) is 11.3 Å². The third-order valence-electron chi connectivity index (χ3n) is 5.96. The lowest BCUT2D eigenvalue weighted by molar-refractivity contribution is 0.0185. The Labute approximate surface area is 229 Å². The molecule has 1 amide bonds. The number of hydrogen-bond donors (Lipinski definition) is 1. The number of thioether (sulfide) groups is 1. The maximum Gasteiger partial charge on any atom is 0.410 e. The quantitative estimate of drug-likeness (QED) is 0.268. The Balaban J connectivity index is 1.45. The van der Waals surface area contributed by atoms with Crippen LogP contribution in [-0.4, -0.2) is 49.7 Å². The van der Waals surface area contributed by atoms with Crippen LogP contribution in [0.4, 0.5) is 15.0 Å². The standard InChI is InChI=1S/C25H29Cl2FN6O2S/c1-14(21-17(26)5-6-18(28)22(21)27)37-20-11-19(31-32-23(20)29)15-12-30-34(13-15)16-7-9-33(10-8-16)24(35)36-25(2,3)4/h5-6,11-14,16H,7-10H2,1-4H3,(H2,29,32). The zero-order valence-corrected chi connectivity index (χ0v) is 23.4. The highest BCUT2D eigenvalue weighted by Gasteiger charge is 2.28. The molecule has 0 spiro atoms. The molecule has 2 aromatic heterocycles. The number of anilines is 1. The Morgan fingerprint density at radius 1 is 1.24 bits per heavy atom. The molecule has 198 valence electrons. The third-order valence-corrected chi connectivity index (χ3v) is 7.85. The number of likely N-dealkylation sites (tertiary alicyclic amines) is 1. The van der Waals surface area contributed by atoms with Gasteiger partial charge in [0.05, 0.1) is 27.9 Å². The Morgan fingerprint density at radius 2 is 1.95 bits per heavy atom. The summed E-state index contributed by atoms with van der Waals surface area (Å²) in [7, 11) is 0. The van der Waals surface area contributed by atoms with Crippen molar-refractivity contribution in [2.45, 2.75) is 62.3 Å². The molecule has 1 fully saturated rings. The number of rotatable bonds is 5. The molecule has 3 heterocycles. The van der Waals surface area contributed by atoms with Gasteiger partial charge in [0.25, 0.3) is 0 Å². The Morgan fingerprint density at radius 3 is 2.62 bits per heavy atom. The molecule has 1 saturated heterocycles. The molecular weight excluding hydrogens is 538 g/mol. The fourth-order valence-electron chi connectivity index (χ4n) is 4.09. The minimum atomic E-state index is -0.528. The molecule has 4 rings (SSSR count). The number of halogens is 3. The first-order valence-corrected chi connectivity index (χ1v) is 13.5. The monoisotopic (exact) mass is 566 g/mol.